The Hall–Kier alpha value is -2.40. The summed E-state index contributed by atoms with van der Waals surface area (Å²) in [5, 5.41) is 10.6. The summed E-state index contributed by atoms with van der Waals surface area (Å²) in [4.78, 5) is 15.8. The molecule has 0 atom stereocenters. The maximum absolute atomic E-state index is 11.9. The molecule has 5 nitrogen and oxygen atoms in total. The van der Waals surface area contributed by atoms with Crippen LogP contribution in [-0.2, 0) is 0 Å². The molecule has 3 rings (SSSR count). The number of carbonyl (C=O) groups excluding carboxylic acids is 1. The lowest BCUT2D eigenvalue weighted by atomic mass is 10.2. The number of amides is 1. The van der Waals surface area contributed by atoms with Crippen molar-refractivity contribution in [1.29, 1.82) is 0 Å². The number of carbonyl (C=O) groups is 1. The first-order valence-electron chi connectivity index (χ1n) is 5.47. The number of nitrogens with zero attached hydrogens (tertiary/aromatic N) is 2. The van der Waals surface area contributed by atoms with Crippen molar-refractivity contribution in [1.82, 2.24) is 15.2 Å². The van der Waals surface area contributed by atoms with Crippen LogP contribution in [0.3, 0.4) is 0 Å². The van der Waals surface area contributed by atoms with E-state index in [1.54, 1.807) is 24.5 Å². The maximum atomic E-state index is 11.9. The Morgan fingerprint density at radius 3 is 2.89 bits per heavy atom. The molecule has 0 unspecified atom stereocenters. The monoisotopic (exact) mass is 274 g/mol. The van der Waals surface area contributed by atoms with Crippen molar-refractivity contribution in [3.63, 3.8) is 0 Å². The lowest BCUT2D eigenvalue weighted by molar-refractivity contribution is 0.102. The summed E-state index contributed by atoms with van der Waals surface area (Å²) >= 11 is 0. The molecule has 2 N–H and O–H groups in total. The van der Waals surface area contributed by atoms with E-state index in [9.17, 15) is 4.79 Å². The van der Waals surface area contributed by atoms with Crippen LogP contribution in [0, 0.1) is 0 Å². The van der Waals surface area contributed by atoms with Gasteiger partial charge >= 0.3 is 0 Å². The highest BCUT2D eigenvalue weighted by atomic mass is 35.5. The number of fused-ring (bicyclic) bond motifs is 1. The van der Waals surface area contributed by atoms with Crippen molar-refractivity contribution >= 4 is 34.9 Å². The highest BCUT2D eigenvalue weighted by molar-refractivity contribution is 6.04. The molecule has 96 valence electrons. The molecular weight excluding hydrogens is 264 g/mol. The van der Waals surface area contributed by atoms with Crippen LogP contribution >= 0.6 is 12.4 Å². The van der Waals surface area contributed by atoms with Crippen LogP contribution in [0.5, 0.6) is 0 Å². The van der Waals surface area contributed by atoms with Gasteiger partial charge in [-0.2, -0.15) is 5.10 Å². The van der Waals surface area contributed by atoms with E-state index in [-0.39, 0.29) is 18.3 Å². The fourth-order valence-electron chi connectivity index (χ4n) is 1.72. The van der Waals surface area contributed by atoms with E-state index in [0.717, 1.165) is 16.6 Å². The van der Waals surface area contributed by atoms with E-state index in [1.165, 1.54) is 6.20 Å². The van der Waals surface area contributed by atoms with Gasteiger partial charge < -0.3 is 5.32 Å². The predicted octanol–water partition coefficient (Wildman–Crippen LogP) is 2.63. The SMILES string of the molecule is Cl.O=C(Nc1ccc2cn[nH]c2c1)c1cccnc1. The number of pyridine rings is 1. The zero-order valence-electron chi connectivity index (χ0n) is 9.83. The average Bonchev–Trinajstić information content (AvgIpc) is 2.87. The first-order valence-corrected chi connectivity index (χ1v) is 5.47. The molecule has 1 aromatic carbocycles. The molecule has 0 saturated carbocycles. The van der Waals surface area contributed by atoms with Crippen LogP contribution in [0.25, 0.3) is 10.9 Å². The number of aromatic nitrogens is 3. The largest absolute Gasteiger partial charge is 0.322 e. The summed E-state index contributed by atoms with van der Waals surface area (Å²) in [6, 6.07) is 9.03. The molecule has 0 bridgehead atoms. The van der Waals surface area contributed by atoms with E-state index >= 15 is 0 Å². The molecule has 0 fully saturated rings. The Morgan fingerprint density at radius 2 is 2.11 bits per heavy atom. The molecule has 0 aliphatic heterocycles. The molecule has 1 amide bonds. The third kappa shape index (κ3) is 2.71. The van der Waals surface area contributed by atoms with E-state index in [2.05, 4.69) is 20.5 Å². The third-order valence-electron chi connectivity index (χ3n) is 2.62. The van der Waals surface area contributed by atoms with Gasteiger partial charge in [-0.15, -0.1) is 12.4 Å². The molecule has 19 heavy (non-hydrogen) atoms. The van der Waals surface area contributed by atoms with Crippen LogP contribution in [-0.4, -0.2) is 21.1 Å². The van der Waals surface area contributed by atoms with Crippen molar-refractivity contribution in [2.45, 2.75) is 0 Å². The van der Waals surface area contributed by atoms with Crippen molar-refractivity contribution in [2.24, 2.45) is 0 Å². The molecular formula is C13H11ClN4O. The Labute approximate surface area is 115 Å². The van der Waals surface area contributed by atoms with E-state index < -0.39 is 0 Å². The third-order valence-corrected chi connectivity index (χ3v) is 2.62. The summed E-state index contributed by atoms with van der Waals surface area (Å²) in [6.07, 6.45) is 4.90. The van der Waals surface area contributed by atoms with E-state index in [4.69, 9.17) is 0 Å². The Kier molecular flexibility index (Phi) is 3.77. The number of H-pyrrole nitrogens is 1. The Morgan fingerprint density at radius 1 is 1.21 bits per heavy atom. The summed E-state index contributed by atoms with van der Waals surface area (Å²) < 4.78 is 0. The van der Waals surface area contributed by atoms with Gasteiger partial charge in [-0.05, 0) is 30.3 Å². The van der Waals surface area contributed by atoms with Crippen LogP contribution < -0.4 is 5.32 Å². The van der Waals surface area contributed by atoms with Gasteiger partial charge in [0.15, 0.2) is 0 Å². The number of halogens is 1. The smallest absolute Gasteiger partial charge is 0.257 e. The van der Waals surface area contributed by atoms with Gasteiger partial charge in [-0.1, -0.05) is 0 Å². The molecule has 0 aliphatic carbocycles. The second-order valence-corrected chi connectivity index (χ2v) is 3.87. The predicted molar refractivity (Wildman–Crippen MR) is 75.5 cm³/mol. The molecule has 0 spiro atoms. The number of aromatic amines is 1. The number of benzene rings is 1. The number of rotatable bonds is 2. The van der Waals surface area contributed by atoms with Gasteiger partial charge in [0.25, 0.3) is 5.91 Å². The first-order chi connectivity index (χ1) is 8.83. The molecule has 0 aliphatic rings. The second-order valence-electron chi connectivity index (χ2n) is 3.87. The number of hydrogen-bond donors (Lipinski definition) is 2. The summed E-state index contributed by atoms with van der Waals surface area (Å²) in [7, 11) is 0. The van der Waals surface area contributed by atoms with Gasteiger partial charge in [0.2, 0.25) is 0 Å². The minimum atomic E-state index is -0.179. The zero-order valence-corrected chi connectivity index (χ0v) is 10.6. The fourth-order valence-corrected chi connectivity index (χ4v) is 1.72. The standard InChI is InChI=1S/C13H10N4O.ClH/c18-13(10-2-1-5-14-7-10)16-11-4-3-9-8-15-17-12(9)6-11;/h1-8H,(H,15,17)(H,16,18);1H. The number of nitrogens with one attached hydrogen (secondary N) is 2. The Bertz CT molecular complexity index is 696. The van der Waals surface area contributed by atoms with Crippen molar-refractivity contribution in [2.75, 3.05) is 5.32 Å². The van der Waals surface area contributed by atoms with Gasteiger partial charge in [0, 0.05) is 23.5 Å². The number of anilines is 1. The summed E-state index contributed by atoms with van der Waals surface area (Å²) in [6.45, 7) is 0. The fraction of sp³-hybridized carbons (Fsp3) is 0. The van der Waals surface area contributed by atoms with Gasteiger partial charge in [-0.25, -0.2) is 0 Å². The topological polar surface area (TPSA) is 70.7 Å². The second kappa shape index (κ2) is 5.49. The van der Waals surface area contributed by atoms with Gasteiger partial charge in [0.1, 0.15) is 0 Å². The normalized spacial score (nSPS) is 9.89. The molecule has 0 saturated heterocycles. The minimum absolute atomic E-state index is 0. The van der Waals surface area contributed by atoms with E-state index in [0.29, 0.717) is 5.56 Å². The zero-order chi connectivity index (χ0) is 12.4. The minimum Gasteiger partial charge on any atom is -0.322 e. The molecule has 6 heteroatoms. The molecule has 0 radical (unpaired) electrons. The maximum Gasteiger partial charge on any atom is 0.257 e. The van der Waals surface area contributed by atoms with Gasteiger partial charge in [-0.3, -0.25) is 14.9 Å². The van der Waals surface area contributed by atoms with Gasteiger partial charge in [0.05, 0.1) is 17.3 Å². The molecule has 3 aromatic rings. The molecule has 2 heterocycles. The highest BCUT2D eigenvalue weighted by Crippen LogP contribution is 2.17. The van der Waals surface area contributed by atoms with Crippen LogP contribution in [0.2, 0.25) is 0 Å². The summed E-state index contributed by atoms with van der Waals surface area (Å²) in [5.41, 5.74) is 2.14. The Balaban J connectivity index is 0.00000133. The van der Waals surface area contributed by atoms with Crippen molar-refractivity contribution < 1.29 is 4.79 Å². The van der Waals surface area contributed by atoms with Crippen LogP contribution in [0.1, 0.15) is 10.4 Å². The van der Waals surface area contributed by atoms with Crippen LogP contribution in [0.4, 0.5) is 5.69 Å². The van der Waals surface area contributed by atoms with Crippen LogP contribution in [0.15, 0.2) is 48.9 Å². The first kappa shape index (κ1) is 13.0. The lowest BCUT2D eigenvalue weighted by Gasteiger charge is -2.04. The highest BCUT2D eigenvalue weighted by Gasteiger charge is 2.06. The van der Waals surface area contributed by atoms with Crippen molar-refractivity contribution in [3.8, 4) is 0 Å². The average molecular weight is 275 g/mol. The summed E-state index contributed by atoms with van der Waals surface area (Å²) in [5.74, 6) is -0.179. The van der Waals surface area contributed by atoms with Crippen molar-refractivity contribution in [3.05, 3.63) is 54.5 Å². The lowest BCUT2D eigenvalue weighted by Crippen LogP contribution is -2.11. The quantitative estimate of drug-likeness (QED) is 0.755. The number of hydrogen-bond acceptors (Lipinski definition) is 3. The molecule has 2 aromatic heterocycles. The van der Waals surface area contributed by atoms with E-state index in [1.807, 2.05) is 18.2 Å².